The molecule has 0 aliphatic rings. The number of aryl methyl sites for hydroxylation is 1. The van der Waals surface area contributed by atoms with Gasteiger partial charge in [0.05, 0.1) is 11.7 Å². The first-order valence-corrected chi connectivity index (χ1v) is 5.15. The van der Waals surface area contributed by atoms with E-state index in [9.17, 15) is 0 Å². The number of imidazole rings is 1. The zero-order valence-electron chi connectivity index (χ0n) is 7.84. The number of rotatable bonds is 3. The van der Waals surface area contributed by atoms with Crippen LogP contribution in [-0.4, -0.2) is 18.3 Å². The molecule has 6 heteroatoms. The van der Waals surface area contributed by atoms with E-state index in [0.29, 0.717) is 11.5 Å². The molecule has 0 radical (unpaired) electrons. The maximum Gasteiger partial charge on any atom is 0.168 e. The number of nitrogens with zero attached hydrogens (tertiary/aromatic N) is 4. The molecular weight excluding hydrogens is 198 g/mol. The van der Waals surface area contributed by atoms with Crippen LogP contribution in [0.1, 0.15) is 13.3 Å². The van der Waals surface area contributed by atoms with Crippen LogP contribution in [0.3, 0.4) is 0 Å². The summed E-state index contributed by atoms with van der Waals surface area (Å²) in [7, 11) is 0. The molecule has 0 atom stereocenters. The molecule has 0 amide bonds. The molecule has 0 bridgehead atoms. The number of nitrogens with two attached hydrogens (primary N) is 1. The number of hydrogen-bond acceptors (Lipinski definition) is 5. The first-order chi connectivity index (χ1) is 6.83. The second-order valence-electron chi connectivity index (χ2n) is 2.94. The largest absolute Gasteiger partial charge is 0.381 e. The lowest BCUT2D eigenvalue weighted by atomic mass is 10.4. The van der Waals surface area contributed by atoms with Gasteiger partial charge in [-0.15, -0.1) is 0 Å². The molecule has 2 heterocycles. The van der Waals surface area contributed by atoms with Crippen LogP contribution in [0.15, 0.2) is 12.4 Å². The Kier molecular flexibility index (Phi) is 2.45. The quantitative estimate of drug-likeness (QED) is 0.829. The van der Waals surface area contributed by atoms with Crippen molar-refractivity contribution < 1.29 is 0 Å². The summed E-state index contributed by atoms with van der Waals surface area (Å²) < 4.78 is 10.1. The highest BCUT2D eigenvalue weighted by Gasteiger charge is 2.12. The third-order valence-electron chi connectivity index (χ3n) is 1.91. The molecule has 5 nitrogen and oxygen atoms in total. The van der Waals surface area contributed by atoms with Gasteiger partial charge in [0.15, 0.2) is 17.3 Å². The van der Waals surface area contributed by atoms with Crippen molar-refractivity contribution >= 4 is 17.5 Å². The molecule has 0 aromatic carbocycles. The van der Waals surface area contributed by atoms with E-state index >= 15 is 0 Å². The van der Waals surface area contributed by atoms with Crippen LogP contribution in [0.25, 0.3) is 11.5 Å². The summed E-state index contributed by atoms with van der Waals surface area (Å²) in [6.07, 6.45) is 4.74. The van der Waals surface area contributed by atoms with Crippen LogP contribution >= 0.6 is 11.7 Å². The van der Waals surface area contributed by atoms with Gasteiger partial charge < -0.3 is 10.3 Å². The zero-order valence-corrected chi connectivity index (χ0v) is 8.66. The van der Waals surface area contributed by atoms with Crippen molar-refractivity contribution in [3.8, 4) is 11.5 Å². The molecule has 0 saturated heterocycles. The van der Waals surface area contributed by atoms with E-state index < -0.39 is 0 Å². The number of anilines is 1. The SMILES string of the molecule is CCCn1ccnc1-c1nsnc1N. The van der Waals surface area contributed by atoms with Gasteiger partial charge in [-0.1, -0.05) is 6.92 Å². The van der Waals surface area contributed by atoms with Crippen molar-refractivity contribution in [2.45, 2.75) is 19.9 Å². The van der Waals surface area contributed by atoms with Gasteiger partial charge in [-0.3, -0.25) is 0 Å². The Morgan fingerprint density at radius 2 is 2.36 bits per heavy atom. The molecule has 2 aromatic heterocycles. The van der Waals surface area contributed by atoms with Crippen LogP contribution in [0.5, 0.6) is 0 Å². The fourth-order valence-electron chi connectivity index (χ4n) is 1.30. The van der Waals surface area contributed by atoms with Crippen molar-refractivity contribution in [2.24, 2.45) is 0 Å². The third kappa shape index (κ3) is 1.48. The minimum atomic E-state index is 0.457. The van der Waals surface area contributed by atoms with Crippen LogP contribution < -0.4 is 5.73 Å². The Bertz CT molecular complexity index is 419. The van der Waals surface area contributed by atoms with E-state index in [-0.39, 0.29) is 0 Å². The Hall–Kier alpha value is -1.43. The van der Waals surface area contributed by atoms with E-state index in [2.05, 4.69) is 20.7 Å². The first kappa shape index (κ1) is 9.14. The van der Waals surface area contributed by atoms with Crippen LogP contribution in [-0.2, 0) is 6.54 Å². The third-order valence-corrected chi connectivity index (χ3v) is 2.45. The van der Waals surface area contributed by atoms with Crippen LogP contribution in [0.4, 0.5) is 5.82 Å². The molecule has 0 aliphatic heterocycles. The van der Waals surface area contributed by atoms with Crippen molar-refractivity contribution in [3.63, 3.8) is 0 Å². The summed E-state index contributed by atoms with van der Waals surface area (Å²) in [5, 5.41) is 0. The number of aromatic nitrogens is 4. The molecule has 14 heavy (non-hydrogen) atoms. The summed E-state index contributed by atoms with van der Waals surface area (Å²) in [6.45, 7) is 3.04. The van der Waals surface area contributed by atoms with Gasteiger partial charge in [-0.2, -0.15) is 8.75 Å². The van der Waals surface area contributed by atoms with E-state index in [0.717, 1.165) is 30.5 Å². The van der Waals surface area contributed by atoms with Crippen LogP contribution in [0.2, 0.25) is 0 Å². The Morgan fingerprint density at radius 3 is 3.00 bits per heavy atom. The molecule has 2 rings (SSSR count). The summed E-state index contributed by atoms with van der Waals surface area (Å²) in [5.74, 6) is 1.26. The molecule has 0 unspecified atom stereocenters. The Labute approximate surface area is 85.9 Å². The molecule has 2 aromatic rings. The molecule has 0 aliphatic carbocycles. The summed E-state index contributed by atoms with van der Waals surface area (Å²) in [4.78, 5) is 4.23. The second-order valence-corrected chi connectivity index (χ2v) is 3.47. The minimum absolute atomic E-state index is 0.457. The van der Waals surface area contributed by atoms with Crippen molar-refractivity contribution in [1.29, 1.82) is 0 Å². The van der Waals surface area contributed by atoms with E-state index in [1.807, 2.05) is 10.8 Å². The van der Waals surface area contributed by atoms with Crippen molar-refractivity contribution in [2.75, 3.05) is 5.73 Å². The average Bonchev–Trinajstić information content (AvgIpc) is 2.74. The highest BCUT2D eigenvalue weighted by atomic mass is 32.1. The lowest BCUT2D eigenvalue weighted by Crippen LogP contribution is -2.00. The maximum atomic E-state index is 5.68. The molecular formula is C8H11N5S. The van der Waals surface area contributed by atoms with Gasteiger partial charge in [-0.05, 0) is 6.42 Å². The standard InChI is InChI=1S/C8H11N5S/c1-2-4-13-5-3-10-8(13)6-7(9)12-14-11-6/h3,5H,2,4H2,1H3,(H2,9,12). The average molecular weight is 209 g/mol. The van der Waals surface area contributed by atoms with E-state index in [4.69, 9.17) is 5.73 Å². The Balaban J connectivity index is 2.41. The summed E-state index contributed by atoms with van der Waals surface area (Å²) in [6, 6.07) is 0. The lowest BCUT2D eigenvalue weighted by Gasteiger charge is -2.03. The fourth-order valence-corrected chi connectivity index (χ4v) is 1.77. The van der Waals surface area contributed by atoms with Gasteiger partial charge >= 0.3 is 0 Å². The summed E-state index contributed by atoms with van der Waals surface area (Å²) >= 11 is 1.11. The predicted molar refractivity (Wildman–Crippen MR) is 55.8 cm³/mol. The van der Waals surface area contributed by atoms with E-state index in [1.54, 1.807) is 6.20 Å². The van der Waals surface area contributed by atoms with Crippen molar-refractivity contribution in [1.82, 2.24) is 18.3 Å². The first-order valence-electron chi connectivity index (χ1n) is 4.42. The highest BCUT2D eigenvalue weighted by Crippen LogP contribution is 2.21. The summed E-state index contributed by atoms with van der Waals surface area (Å²) in [5.41, 5.74) is 6.37. The molecule has 74 valence electrons. The van der Waals surface area contributed by atoms with E-state index in [1.165, 1.54) is 0 Å². The molecule has 0 saturated carbocycles. The van der Waals surface area contributed by atoms with Gasteiger partial charge in [-0.25, -0.2) is 4.98 Å². The van der Waals surface area contributed by atoms with Gasteiger partial charge in [0.1, 0.15) is 0 Å². The molecule has 0 spiro atoms. The highest BCUT2D eigenvalue weighted by molar-refractivity contribution is 6.99. The number of nitrogen functional groups attached to an aromatic ring is 1. The molecule has 2 N–H and O–H groups in total. The number of hydrogen-bond donors (Lipinski definition) is 1. The predicted octanol–water partition coefficient (Wildman–Crippen LogP) is 1.39. The fraction of sp³-hybridized carbons (Fsp3) is 0.375. The minimum Gasteiger partial charge on any atom is -0.381 e. The van der Waals surface area contributed by atoms with Crippen molar-refractivity contribution in [3.05, 3.63) is 12.4 Å². The zero-order chi connectivity index (χ0) is 9.97. The lowest BCUT2D eigenvalue weighted by molar-refractivity contribution is 0.684. The maximum absolute atomic E-state index is 5.68. The second kappa shape index (κ2) is 3.75. The monoisotopic (exact) mass is 209 g/mol. The topological polar surface area (TPSA) is 69.6 Å². The van der Waals surface area contributed by atoms with Gasteiger partial charge in [0.2, 0.25) is 0 Å². The van der Waals surface area contributed by atoms with Crippen LogP contribution in [0, 0.1) is 0 Å². The Morgan fingerprint density at radius 1 is 1.50 bits per heavy atom. The normalized spacial score (nSPS) is 10.6. The van der Waals surface area contributed by atoms with Gasteiger partial charge in [0, 0.05) is 18.9 Å². The van der Waals surface area contributed by atoms with Gasteiger partial charge in [0.25, 0.3) is 0 Å². The molecule has 0 fully saturated rings. The smallest absolute Gasteiger partial charge is 0.168 e.